The third-order valence-electron chi connectivity index (χ3n) is 3.55. The van der Waals surface area contributed by atoms with Gasteiger partial charge in [0, 0.05) is 30.4 Å². The van der Waals surface area contributed by atoms with Crippen molar-refractivity contribution in [3.63, 3.8) is 0 Å². The van der Waals surface area contributed by atoms with E-state index in [0.717, 1.165) is 41.7 Å². The molecule has 0 fully saturated rings. The molecule has 2 heterocycles. The van der Waals surface area contributed by atoms with Crippen LogP contribution in [0.3, 0.4) is 0 Å². The maximum atomic E-state index is 10.2. The first-order valence-electron chi connectivity index (χ1n) is 7.23. The lowest BCUT2D eigenvalue weighted by Gasteiger charge is -2.21. The first-order valence-corrected chi connectivity index (χ1v) is 8.43. The zero-order chi connectivity index (χ0) is 15.1. The maximum Gasteiger partial charge on any atom is 0.0932 e. The monoisotopic (exact) mass is 324 g/mol. The van der Waals surface area contributed by atoms with Crippen LogP contribution in [0.4, 0.5) is 0 Å². The van der Waals surface area contributed by atoms with E-state index < -0.39 is 6.10 Å². The van der Waals surface area contributed by atoms with Gasteiger partial charge in [0.25, 0.3) is 0 Å². The van der Waals surface area contributed by atoms with Crippen LogP contribution in [0.2, 0.25) is 4.34 Å². The summed E-state index contributed by atoms with van der Waals surface area (Å²) < 4.78 is 0.731. The molecule has 2 aromatic rings. The molecule has 0 aromatic carbocycles. The molecule has 5 heteroatoms. The van der Waals surface area contributed by atoms with Crippen molar-refractivity contribution in [2.75, 3.05) is 19.6 Å². The Hall–Kier alpha value is -0.940. The van der Waals surface area contributed by atoms with Crippen molar-refractivity contribution in [2.24, 2.45) is 0 Å². The molecule has 0 aliphatic carbocycles. The number of pyridine rings is 1. The summed E-state index contributed by atoms with van der Waals surface area (Å²) in [6.07, 6.45) is 4.99. The van der Waals surface area contributed by atoms with Gasteiger partial charge in [-0.05, 0) is 49.2 Å². The van der Waals surface area contributed by atoms with Crippen molar-refractivity contribution >= 4 is 22.9 Å². The number of likely N-dealkylation sites (N-methyl/N-ethyl adjacent to an activating group) is 1. The molecule has 0 saturated carbocycles. The van der Waals surface area contributed by atoms with E-state index in [1.807, 2.05) is 24.5 Å². The Bertz CT molecular complexity index is 532. The minimum absolute atomic E-state index is 0.419. The molecule has 0 radical (unpaired) electrons. The quantitative estimate of drug-likeness (QED) is 0.802. The SMILES string of the molecule is CCN(CCc1ccncc1)CCC(O)c1ccc(Cl)s1. The number of halogens is 1. The van der Waals surface area contributed by atoms with E-state index in [9.17, 15) is 5.11 Å². The van der Waals surface area contributed by atoms with Crippen LogP contribution < -0.4 is 0 Å². The minimum atomic E-state index is -0.419. The van der Waals surface area contributed by atoms with Crippen LogP contribution in [-0.2, 0) is 6.42 Å². The van der Waals surface area contributed by atoms with E-state index in [-0.39, 0.29) is 0 Å². The Morgan fingerprint density at radius 2 is 2.00 bits per heavy atom. The smallest absolute Gasteiger partial charge is 0.0932 e. The van der Waals surface area contributed by atoms with Gasteiger partial charge in [-0.2, -0.15) is 0 Å². The summed E-state index contributed by atoms with van der Waals surface area (Å²) in [5.41, 5.74) is 1.30. The highest BCUT2D eigenvalue weighted by Crippen LogP contribution is 2.28. The lowest BCUT2D eigenvalue weighted by molar-refractivity contribution is 0.147. The first-order chi connectivity index (χ1) is 10.2. The van der Waals surface area contributed by atoms with Crippen molar-refractivity contribution in [2.45, 2.75) is 25.9 Å². The van der Waals surface area contributed by atoms with Crippen molar-refractivity contribution in [1.82, 2.24) is 9.88 Å². The van der Waals surface area contributed by atoms with E-state index in [1.54, 1.807) is 0 Å². The number of nitrogens with zero attached hydrogens (tertiary/aromatic N) is 2. The number of rotatable bonds is 8. The summed E-state index contributed by atoms with van der Waals surface area (Å²) in [7, 11) is 0. The summed E-state index contributed by atoms with van der Waals surface area (Å²) in [6, 6.07) is 7.85. The molecular formula is C16H21ClN2OS. The Kier molecular flexibility index (Phi) is 6.64. The predicted octanol–water partition coefficient (Wildman–Crippen LogP) is 3.78. The molecule has 0 spiro atoms. The molecule has 0 aliphatic rings. The van der Waals surface area contributed by atoms with Crippen molar-refractivity contribution in [1.29, 1.82) is 0 Å². The van der Waals surface area contributed by atoms with Crippen LogP contribution in [0.25, 0.3) is 0 Å². The van der Waals surface area contributed by atoms with Crippen LogP contribution in [0.5, 0.6) is 0 Å². The second-order valence-corrected chi connectivity index (χ2v) is 6.73. The molecule has 2 rings (SSSR count). The third-order valence-corrected chi connectivity index (χ3v) is 4.89. The van der Waals surface area contributed by atoms with Gasteiger partial charge in [0.15, 0.2) is 0 Å². The van der Waals surface area contributed by atoms with E-state index in [1.165, 1.54) is 16.9 Å². The van der Waals surface area contributed by atoms with Gasteiger partial charge < -0.3 is 10.0 Å². The van der Waals surface area contributed by atoms with Gasteiger partial charge in [0.05, 0.1) is 10.4 Å². The van der Waals surface area contributed by atoms with Crippen molar-refractivity contribution in [3.05, 3.63) is 51.4 Å². The van der Waals surface area contributed by atoms with Gasteiger partial charge in [-0.25, -0.2) is 0 Å². The number of aromatic nitrogens is 1. The molecular weight excluding hydrogens is 304 g/mol. The van der Waals surface area contributed by atoms with Crippen LogP contribution in [-0.4, -0.2) is 34.6 Å². The summed E-state index contributed by atoms with van der Waals surface area (Å²) in [6.45, 7) is 5.03. The largest absolute Gasteiger partial charge is 0.388 e. The fourth-order valence-electron chi connectivity index (χ4n) is 2.22. The number of hydrogen-bond acceptors (Lipinski definition) is 4. The normalized spacial score (nSPS) is 12.8. The molecule has 1 unspecified atom stereocenters. The lowest BCUT2D eigenvalue weighted by atomic mass is 10.1. The highest BCUT2D eigenvalue weighted by Gasteiger charge is 2.12. The molecule has 1 atom stereocenters. The molecule has 0 saturated heterocycles. The number of aliphatic hydroxyl groups excluding tert-OH is 1. The fourth-order valence-corrected chi connectivity index (χ4v) is 3.30. The van der Waals surface area contributed by atoms with Crippen LogP contribution >= 0.6 is 22.9 Å². The van der Waals surface area contributed by atoms with Gasteiger partial charge in [-0.15, -0.1) is 11.3 Å². The third kappa shape index (κ3) is 5.40. The van der Waals surface area contributed by atoms with Gasteiger partial charge in [-0.3, -0.25) is 4.98 Å². The summed E-state index contributed by atoms with van der Waals surface area (Å²) in [5.74, 6) is 0. The first kappa shape index (κ1) is 16.4. The maximum absolute atomic E-state index is 10.2. The number of aliphatic hydroxyl groups is 1. The van der Waals surface area contributed by atoms with Crippen LogP contribution in [0.1, 0.15) is 29.9 Å². The average Bonchev–Trinajstić information content (AvgIpc) is 2.95. The van der Waals surface area contributed by atoms with Crippen molar-refractivity contribution < 1.29 is 5.11 Å². The molecule has 3 nitrogen and oxygen atoms in total. The molecule has 0 bridgehead atoms. The summed E-state index contributed by atoms with van der Waals surface area (Å²) in [4.78, 5) is 7.34. The standard InChI is InChI=1S/C16H21ClN2OS/c1-2-19(11-7-13-5-9-18-10-6-13)12-8-14(20)15-3-4-16(17)21-15/h3-6,9-10,14,20H,2,7-8,11-12H2,1H3. The van der Waals surface area contributed by atoms with E-state index >= 15 is 0 Å². The topological polar surface area (TPSA) is 36.4 Å². The number of hydrogen-bond donors (Lipinski definition) is 1. The minimum Gasteiger partial charge on any atom is -0.388 e. The van der Waals surface area contributed by atoms with Gasteiger partial charge in [-0.1, -0.05) is 18.5 Å². The van der Waals surface area contributed by atoms with Crippen LogP contribution in [0, 0.1) is 0 Å². The Morgan fingerprint density at radius 3 is 2.62 bits per heavy atom. The van der Waals surface area contributed by atoms with Gasteiger partial charge in [0.2, 0.25) is 0 Å². The second kappa shape index (κ2) is 8.49. The average molecular weight is 325 g/mol. The van der Waals surface area contributed by atoms with Crippen LogP contribution in [0.15, 0.2) is 36.7 Å². The molecule has 1 N–H and O–H groups in total. The Balaban J connectivity index is 1.77. The summed E-state index contributed by atoms with van der Waals surface area (Å²) >= 11 is 7.36. The Morgan fingerprint density at radius 1 is 1.24 bits per heavy atom. The molecule has 0 aliphatic heterocycles. The molecule has 21 heavy (non-hydrogen) atoms. The molecule has 114 valence electrons. The van der Waals surface area contributed by atoms with E-state index in [0.29, 0.717) is 0 Å². The molecule has 0 amide bonds. The zero-order valence-electron chi connectivity index (χ0n) is 12.2. The lowest BCUT2D eigenvalue weighted by Crippen LogP contribution is -2.28. The molecule has 2 aromatic heterocycles. The van der Waals surface area contributed by atoms with E-state index in [2.05, 4.69) is 28.9 Å². The zero-order valence-corrected chi connectivity index (χ0v) is 13.8. The van der Waals surface area contributed by atoms with E-state index in [4.69, 9.17) is 11.6 Å². The highest BCUT2D eigenvalue weighted by molar-refractivity contribution is 7.16. The number of thiophene rings is 1. The van der Waals surface area contributed by atoms with Crippen molar-refractivity contribution in [3.8, 4) is 0 Å². The second-order valence-electron chi connectivity index (χ2n) is 4.99. The highest BCUT2D eigenvalue weighted by atomic mass is 35.5. The Labute approximate surface area is 135 Å². The predicted molar refractivity (Wildman–Crippen MR) is 89.0 cm³/mol. The van der Waals surface area contributed by atoms with Gasteiger partial charge >= 0.3 is 0 Å². The van der Waals surface area contributed by atoms with Gasteiger partial charge in [0.1, 0.15) is 0 Å². The fraction of sp³-hybridized carbons (Fsp3) is 0.438. The summed E-state index contributed by atoms with van der Waals surface area (Å²) in [5, 5.41) is 10.2.